The molecule has 4 unspecified atom stereocenters. The predicted octanol–water partition coefficient (Wildman–Crippen LogP) is 5.00. The highest BCUT2D eigenvalue weighted by atomic mass is 32.6. The maximum atomic E-state index is 3.00. The van der Waals surface area contributed by atoms with Crippen LogP contribution in [0.4, 0.5) is 0 Å². The fourth-order valence-electron chi connectivity index (χ4n) is 1.13. The van der Waals surface area contributed by atoms with Crippen LogP contribution in [-0.4, -0.2) is 6.16 Å². The van der Waals surface area contributed by atoms with E-state index in [9.17, 15) is 0 Å². The van der Waals surface area contributed by atoms with Gasteiger partial charge in [0.2, 0.25) is 0 Å². The summed E-state index contributed by atoms with van der Waals surface area (Å²) in [6.45, 7) is 2.28. The molecule has 0 nitrogen and oxygen atoms in total. The largest absolute Gasteiger partial charge is 0.110 e. The summed E-state index contributed by atoms with van der Waals surface area (Å²) in [7, 11) is 7.26. The van der Waals surface area contributed by atoms with Gasteiger partial charge in [0.1, 0.15) is 0 Å². The van der Waals surface area contributed by atoms with Crippen LogP contribution in [0.2, 0.25) is 0 Å². The summed E-state index contributed by atoms with van der Waals surface area (Å²) in [6, 6.07) is 0. The predicted molar refractivity (Wildman–Crippen MR) is 72.9 cm³/mol. The first-order valence-electron chi connectivity index (χ1n) is 4.79. The van der Waals surface area contributed by atoms with E-state index in [2.05, 4.69) is 24.8 Å². The summed E-state index contributed by atoms with van der Waals surface area (Å²) >= 11 is 0. The topological polar surface area (TPSA) is 0 Å². The molecule has 0 rings (SSSR count). The van der Waals surface area contributed by atoms with E-state index in [-0.39, 0.29) is 0 Å². The van der Waals surface area contributed by atoms with Crippen LogP contribution in [0, 0.1) is 0 Å². The van der Waals surface area contributed by atoms with Crippen LogP contribution >= 0.6 is 33.1 Å². The van der Waals surface area contributed by atoms with Crippen LogP contribution in [0.1, 0.15) is 45.4 Å². The van der Waals surface area contributed by atoms with Gasteiger partial charge in [-0.2, -0.15) is 0 Å². The second-order valence-electron chi connectivity index (χ2n) is 3.09. The zero-order chi connectivity index (χ0) is 9.23. The molecule has 74 valence electrons. The van der Waals surface area contributed by atoms with Crippen molar-refractivity contribution in [3.05, 3.63) is 0 Å². The lowest BCUT2D eigenvalue weighted by Gasteiger charge is -2.07. The maximum absolute atomic E-state index is 3.00. The molecule has 0 amide bonds. The first kappa shape index (κ1) is 13.7. The van der Waals surface area contributed by atoms with Crippen molar-refractivity contribution in [3.8, 4) is 0 Å². The van der Waals surface area contributed by atoms with Gasteiger partial charge in [0.05, 0.1) is 0 Å². The van der Waals surface area contributed by atoms with Crippen molar-refractivity contribution in [1.82, 2.24) is 0 Å². The van der Waals surface area contributed by atoms with E-state index in [1.807, 2.05) is 0 Å². The van der Waals surface area contributed by atoms with Crippen LogP contribution < -0.4 is 0 Å². The third kappa shape index (κ3) is 9.81. The SMILES string of the molecule is CCCCCCCCP(P)PP. The van der Waals surface area contributed by atoms with Crippen molar-refractivity contribution in [3.63, 3.8) is 0 Å². The Kier molecular flexibility index (Phi) is 12.3. The Morgan fingerprint density at radius 3 is 2.25 bits per heavy atom. The Morgan fingerprint density at radius 2 is 1.67 bits per heavy atom. The third-order valence-electron chi connectivity index (χ3n) is 1.92. The summed E-state index contributed by atoms with van der Waals surface area (Å²) in [4.78, 5) is 0. The second-order valence-corrected chi connectivity index (χ2v) is 13.0. The van der Waals surface area contributed by atoms with Crippen LogP contribution in [0.25, 0.3) is 0 Å². The summed E-state index contributed by atoms with van der Waals surface area (Å²) in [5.41, 5.74) is 0. The molecule has 0 aliphatic carbocycles. The molecule has 0 aliphatic heterocycles. The molecule has 0 bridgehead atoms. The normalized spacial score (nSPS) is 14.2. The first-order valence-corrected chi connectivity index (χ1v) is 11.6. The lowest BCUT2D eigenvalue weighted by Crippen LogP contribution is -1.80. The fraction of sp³-hybridized carbons (Fsp3) is 1.00. The van der Waals surface area contributed by atoms with E-state index in [0.29, 0.717) is 7.30 Å². The Balaban J connectivity index is 2.90. The minimum atomic E-state index is 0.305. The molecule has 0 aromatic carbocycles. The molecule has 0 aromatic heterocycles. The van der Waals surface area contributed by atoms with Crippen molar-refractivity contribution < 1.29 is 0 Å². The minimum absolute atomic E-state index is 0.305. The molecule has 0 aromatic rings. The van der Waals surface area contributed by atoms with E-state index >= 15 is 0 Å². The molecular weight excluding hydrogens is 220 g/mol. The average Bonchev–Trinajstić information content (AvgIpc) is 2.10. The molecule has 0 N–H and O–H groups in total. The highest BCUT2D eigenvalue weighted by Gasteiger charge is 1.96. The van der Waals surface area contributed by atoms with Gasteiger partial charge in [0.25, 0.3) is 0 Å². The average molecular weight is 242 g/mol. The quantitative estimate of drug-likeness (QED) is 0.415. The molecule has 0 saturated carbocycles. The van der Waals surface area contributed by atoms with Gasteiger partial charge in [-0.15, -0.1) is 17.9 Å². The van der Waals surface area contributed by atoms with Gasteiger partial charge >= 0.3 is 0 Å². The van der Waals surface area contributed by atoms with Crippen LogP contribution in [0.5, 0.6) is 0 Å². The zero-order valence-corrected chi connectivity index (χ0v) is 12.3. The van der Waals surface area contributed by atoms with Gasteiger partial charge < -0.3 is 0 Å². The van der Waals surface area contributed by atoms with Gasteiger partial charge in [-0.3, -0.25) is 0 Å². The molecule has 0 saturated heterocycles. The molecule has 0 spiro atoms. The van der Waals surface area contributed by atoms with Gasteiger partial charge in [-0.1, -0.05) is 54.3 Å². The Hall–Kier alpha value is 1.72. The van der Waals surface area contributed by atoms with Crippen LogP contribution in [-0.2, 0) is 0 Å². The third-order valence-corrected chi connectivity index (χ3v) is 12.5. The van der Waals surface area contributed by atoms with E-state index in [4.69, 9.17) is 0 Å². The van der Waals surface area contributed by atoms with E-state index < -0.39 is 0 Å². The van der Waals surface area contributed by atoms with Gasteiger partial charge in [0, 0.05) is 0 Å². The summed E-state index contributed by atoms with van der Waals surface area (Å²) in [6.07, 6.45) is 10.1. The Morgan fingerprint density at radius 1 is 1.08 bits per heavy atom. The summed E-state index contributed by atoms with van der Waals surface area (Å²) in [5.74, 6) is 0. The van der Waals surface area contributed by atoms with Crippen LogP contribution in [0.3, 0.4) is 0 Å². The molecule has 4 heteroatoms. The first-order chi connectivity index (χ1) is 5.81. The Bertz CT molecular complexity index is 87.1. The highest BCUT2D eigenvalue weighted by molar-refractivity contribution is 8.61. The van der Waals surface area contributed by atoms with Gasteiger partial charge in [0.15, 0.2) is 0 Å². The summed E-state index contributed by atoms with van der Waals surface area (Å²) in [5, 5.41) is 0. The number of hydrogen-bond acceptors (Lipinski definition) is 0. The van der Waals surface area contributed by atoms with Gasteiger partial charge in [-0.25, -0.2) is 0 Å². The van der Waals surface area contributed by atoms with Crippen molar-refractivity contribution >= 4 is 33.1 Å². The van der Waals surface area contributed by atoms with E-state index in [1.165, 1.54) is 44.7 Å². The molecule has 0 radical (unpaired) electrons. The van der Waals surface area contributed by atoms with E-state index in [1.54, 1.807) is 0 Å². The van der Waals surface area contributed by atoms with Crippen LogP contribution in [0.15, 0.2) is 0 Å². The smallest absolute Gasteiger partial charge is 0.0252 e. The maximum Gasteiger partial charge on any atom is -0.0252 e. The molecule has 4 atom stereocenters. The molecule has 0 aliphatic rings. The number of rotatable bonds is 8. The van der Waals surface area contributed by atoms with E-state index in [0.717, 1.165) is 7.96 Å². The number of hydrogen-bond donors (Lipinski definition) is 0. The van der Waals surface area contributed by atoms with Crippen molar-refractivity contribution in [2.75, 3.05) is 6.16 Å². The van der Waals surface area contributed by atoms with Crippen molar-refractivity contribution in [1.29, 1.82) is 0 Å². The lowest BCUT2D eigenvalue weighted by molar-refractivity contribution is 0.627. The number of unbranched alkanes of at least 4 members (excludes halogenated alkanes) is 5. The molecule has 12 heavy (non-hydrogen) atoms. The molecule has 0 fully saturated rings. The molecule has 0 heterocycles. The molecular formula is C8H22P4. The monoisotopic (exact) mass is 242 g/mol. The second kappa shape index (κ2) is 10.8. The van der Waals surface area contributed by atoms with Crippen molar-refractivity contribution in [2.24, 2.45) is 0 Å². The standard InChI is InChI=1S/C8H22P4/c1-2-3-4-5-6-7-8-12(10)11-9/h11H,2-10H2,1H3. The summed E-state index contributed by atoms with van der Waals surface area (Å²) < 4.78 is 0. The highest BCUT2D eigenvalue weighted by Crippen LogP contribution is 2.66. The van der Waals surface area contributed by atoms with Crippen molar-refractivity contribution in [2.45, 2.75) is 45.4 Å². The Labute approximate surface area is 85.1 Å². The van der Waals surface area contributed by atoms with Gasteiger partial charge in [-0.05, 0) is 12.6 Å². The minimum Gasteiger partial charge on any atom is -0.110 e. The lowest BCUT2D eigenvalue weighted by atomic mass is 10.1. The zero-order valence-electron chi connectivity index (χ0n) is 8.05. The fourth-order valence-corrected chi connectivity index (χ4v) is 4.39.